The van der Waals surface area contributed by atoms with Gasteiger partial charge in [0.25, 0.3) is 5.91 Å². The van der Waals surface area contributed by atoms with Crippen LogP contribution in [0.4, 0.5) is 0 Å². The number of amides is 1. The Balaban J connectivity index is 1.95. The van der Waals surface area contributed by atoms with Crippen LogP contribution in [0.15, 0.2) is 42.5 Å². The average Bonchev–Trinajstić information content (AvgIpc) is 2.65. The number of rotatable bonds is 2. The van der Waals surface area contributed by atoms with Crippen LogP contribution in [0, 0.1) is 11.8 Å². The normalized spacial score (nSPS) is 13.6. The Morgan fingerprint density at radius 3 is 2.37 bits per heavy atom. The second-order valence-electron chi connectivity index (χ2n) is 6.69. The number of fused-ring (bicyclic) bond motifs is 1. The highest BCUT2D eigenvalue weighted by atomic mass is 16.5. The number of hydrogen-bond donors (Lipinski definition) is 2. The molecule has 3 rings (SSSR count). The lowest BCUT2D eigenvalue weighted by atomic mass is 9.97. The summed E-state index contributed by atoms with van der Waals surface area (Å²) >= 11 is 0. The smallest absolute Gasteiger partial charge is 0.339 e. The van der Waals surface area contributed by atoms with Gasteiger partial charge in [0.15, 0.2) is 0 Å². The highest BCUT2D eigenvalue weighted by Gasteiger charge is 2.26. The van der Waals surface area contributed by atoms with E-state index in [2.05, 4.69) is 17.2 Å². The van der Waals surface area contributed by atoms with Gasteiger partial charge in [-0.25, -0.2) is 4.79 Å². The van der Waals surface area contributed by atoms with E-state index in [9.17, 15) is 14.7 Å². The average molecular weight is 361 g/mol. The fourth-order valence-corrected chi connectivity index (χ4v) is 2.70. The summed E-state index contributed by atoms with van der Waals surface area (Å²) in [6.07, 6.45) is 3.74. The Bertz CT molecular complexity index is 1010. The highest BCUT2D eigenvalue weighted by molar-refractivity contribution is 5.94. The summed E-state index contributed by atoms with van der Waals surface area (Å²) in [4.78, 5) is 23.2. The molecule has 0 aliphatic carbocycles. The van der Waals surface area contributed by atoms with Crippen molar-refractivity contribution in [1.29, 1.82) is 0 Å². The summed E-state index contributed by atoms with van der Waals surface area (Å²) < 4.78 is 5.82. The molecular weight excluding hydrogens is 342 g/mol. The van der Waals surface area contributed by atoms with Crippen LogP contribution < -0.4 is 10.1 Å². The molecule has 1 heterocycles. The van der Waals surface area contributed by atoms with E-state index >= 15 is 0 Å². The Labute approximate surface area is 157 Å². The topological polar surface area (TPSA) is 75.6 Å². The first-order valence-corrected chi connectivity index (χ1v) is 8.43. The lowest BCUT2D eigenvalue weighted by Crippen LogP contribution is -2.28. The van der Waals surface area contributed by atoms with Gasteiger partial charge in [0.2, 0.25) is 0 Å². The minimum absolute atomic E-state index is 0.0872. The van der Waals surface area contributed by atoms with E-state index in [1.165, 1.54) is 6.07 Å². The molecule has 0 bridgehead atoms. The molecule has 0 spiro atoms. The third-order valence-corrected chi connectivity index (χ3v) is 4.10. The summed E-state index contributed by atoms with van der Waals surface area (Å²) in [7, 11) is 1.57. The van der Waals surface area contributed by atoms with Crippen molar-refractivity contribution in [2.24, 2.45) is 0 Å². The van der Waals surface area contributed by atoms with Crippen LogP contribution in [0.3, 0.4) is 0 Å². The Morgan fingerprint density at radius 1 is 1.07 bits per heavy atom. The van der Waals surface area contributed by atoms with Crippen LogP contribution in [0.5, 0.6) is 5.75 Å². The quantitative estimate of drug-likeness (QED) is 0.805. The van der Waals surface area contributed by atoms with Gasteiger partial charge in [-0.3, -0.25) is 4.79 Å². The van der Waals surface area contributed by atoms with Crippen LogP contribution in [0.25, 0.3) is 6.08 Å². The summed E-state index contributed by atoms with van der Waals surface area (Å²) in [6, 6.07) is 10.2. The molecule has 1 aliphatic heterocycles. The molecule has 5 nitrogen and oxygen atoms in total. The fraction of sp³-hybridized carbons (Fsp3) is 0.182. The minimum Gasteiger partial charge on any atom is -0.482 e. The number of nitrogens with one attached hydrogen (secondary N) is 1. The van der Waals surface area contributed by atoms with Crippen LogP contribution in [0.2, 0.25) is 0 Å². The first kappa shape index (κ1) is 18.3. The van der Waals surface area contributed by atoms with Crippen molar-refractivity contribution >= 4 is 18.0 Å². The van der Waals surface area contributed by atoms with Gasteiger partial charge in [-0.05, 0) is 56.3 Å². The molecular formula is C22H19NO4. The van der Waals surface area contributed by atoms with Crippen molar-refractivity contribution in [3.8, 4) is 17.6 Å². The number of carboxylic acids is 1. The first-order chi connectivity index (χ1) is 12.8. The zero-order valence-corrected chi connectivity index (χ0v) is 15.3. The van der Waals surface area contributed by atoms with Gasteiger partial charge < -0.3 is 15.2 Å². The SMILES string of the molecule is CNC(=O)c1ccc(C#Cc2cc3c(c(C(=O)O)c2)OC(C)(C)C=C3)cc1. The largest absolute Gasteiger partial charge is 0.482 e. The third kappa shape index (κ3) is 4.01. The molecule has 1 amide bonds. The number of hydrogen-bond acceptors (Lipinski definition) is 3. The molecule has 2 N–H and O–H groups in total. The van der Waals surface area contributed by atoms with E-state index < -0.39 is 11.6 Å². The fourth-order valence-electron chi connectivity index (χ4n) is 2.70. The Morgan fingerprint density at radius 2 is 1.74 bits per heavy atom. The molecule has 0 unspecified atom stereocenters. The number of carboxylic acid groups (broad SMARTS) is 1. The maximum Gasteiger partial charge on any atom is 0.339 e. The van der Waals surface area contributed by atoms with Crippen LogP contribution >= 0.6 is 0 Å². The van der Waals surface area contributed by atoms with Crippen LogP contribution in [0.1, 0.15) is 51.3 Å². The molecule has 27 heavy (non-hydrogen) atoms. The van der Waals surface area contributed by atoms with Gasteiger partial charge in [0.05, 0.1) is 0 Å². The minimum atomic E-state index is -1.06. The van der Waals surface area contributed by atoms with Gasteiger partial charge in [0.1, 0.15) is 16.9 Å². The van der Waals surface area contributed by atoms with Gasteiger partial charge in [0, 0.05) is 29.3 Å². The van der Waals surface area contributed by atoms with E-state index in [-0.39, 0.29) is 11.5 Å². The number of aromatic carboxylic acids is 1. The first-order valence-electron chi connectivity index (χ1n) is 8.43. The standard InChI is InChI=1S/C22H19NO4/c1-22(2)11-10-17-12-15(13-18(21(25)26)19(17)27-22)5-4-14-6-8-16(9-7-14)20(24)23-3/h6-13H,1-3H3,(H,23,24)(H,25,26). The predicted molar refractivity (Wildman–Crippen MR) is 103 cm³/mol. The third-order valence-electron chi connectivity index (χ3n) is 4.10. The van der Waals surface area contributed by atoms with Gasteiger partial charge >= 0.3 is 5.97 Å². The summed E-state index contributed by atoms with van der Waals surface area (Å²) in [5.41, 5.74) is 2.07. The molecule has 0 fully saturated rings. The van der Waals surface area contributed by atoms with E-state index in [4.69, 9.17) is 4.74 Å². The summed E-state index contributed by atoms with van der Waals surface area (Å²) in [6.45, 7) is 3.74. The molecule has 0 radical (unpaired) electrons. The van der Waals surface area contributed by atoms with Crippen molar-refractivity contribution in [3.05, 3.63) is 70.3 Å². The molecule has 1 aliphatic rings. The zero-order chi connectivity index (χ0) is 19.6. The van der Waals surface area contributed by atoms with E-state index in [1.807, 2.05) is 26.0 Å². The number of carbonyl (C=O) groups is 2. The molecule has 136 valence electrons. The van der Waals surface area contributed by atoms with Gasteiger partial charge in [-0.15, -0.1) is 0 Å². The number of benzene rings is 2. The van der Waals surface area contributed by atoms with E-state index in [1.54, 1.807) is 37.4 Å². The second kappa shape index (κ2) is 7.00. The number of ether oxygens (including phenoxy) is 1. The molecule has 0 saturated carbocycles. The maximum atomic E-state index is 11.7. The van der Waals surface area contributed by atoms with Crippen molar-refractivity contribution in [1.82, 2.24) is 5.32 Å². The van der Waals surface area contributed by atoms with Gasteiger partial charge in [-0.2, -0.15) is 0 Å². The monoisotopic (exact) mass is 361 g/mol. The van der Waals surface area contributed by atoms with Crippen molar-refractivity contribution in [2.45, 2.75) is 19.4 Å². The van der Waals surface area contributed by atoms with Crippen LogP contribution in [-0.4, -0.2) is 29.6 Å². The maximum absolute atomic E-state index is 11.7. The van der Waals surface area contributed by atoms with Gasteiger partial charge in [-0.1, -0.05) is 17.9 Å². The summed E-state index contributed by atoms with van der Waals surface area (Å²) in [5.74, 6) is 5.12. The molecule has 2 aromatic carbocycles. The lowest BCUT2D eigenvalue weighted by Gasteiger charge is -2.28. The van der Waals surface area contributed by atoms with Crippen molar-refractivity contribution in [2.75, 3.05) is 7.05 Å². The number of carbonyl (C=O) groups excluding carboxylic acids is 1. The molecule has 5 heteroatoms. The Hall–Kier alpha value is -3.52. The molecule has 0 aromatic heterocycles. The predicted octanol–water partition coefficient (Wildman–Crippen LogP) is 3.33. The van der Waals surface area contributed by atoms with Crippen molar-refractivity contribution < 1.29 is 19.4 Å². The lowest BCUT2D eigenvalue weighted by molar-refractivity contribution is 0.0684. The second-order valence-corrected chi connectivity index (χ2v) is 6.69. The highest BCUT2D eigenvalue weighted by Crippen LogP contribution is 2.35. The molecule has 0 saturated heterocycles. The molecule has 0 atom stereocenters. The summed E-state index contributed by atoms with van der Waals surface area (Å²) in [5, 5.41) is 12.1. The Kier molecular flexibility index (Phi) is 4.74. The van der Waals surface area contributed by atoms with E-state index in [0.717, 1.165) is 5.56 Å². The van der Waals surface area contributed by atoms with Crippen molar-refractivity contribution in [3.63, 3.8) is 0 Å². The van der Waals surface area contributed by atoms with E-state index in [0.29, 0.717) is 22.4 Å². The zero-order valence-electron chi connectivity index (χ0n) is 15.3. The molecule has 2 aromatic rings. The van der Waals surface area contributed by atoms with Crippen LogP contribution in [-0.2, 0) is 0 Å².